The van der Waals surface area contributed by atoms with Crippen molar-refractivity contribution in [2.45, 2.75) is 32.6 Å². The number of hydrogen-bond acceptors (Lipinski definition) is 2. The minimum Gasteiger partial charge on any atom is -0.481 e. The molecule has 0 aromatic heterocycles. The van der Waals surface area contributed by atoms with Crippen LogP contribution >= 0.6 is 0 Å². The summed E-state index contributed by atoms with van der Waals surface area (Å²) in [5, 5.41) is 12.5. The number of carboxylic acid groups (broad SMARTS) is 1. The van der Waals surface area contributed by atoms with Crippen molar-refractivity contribution in [2.75, 3.05) is 5.32 Å². The third-order valence-electron chi connectivity index (χ3n) is 5.41. The van der Waals surface area contributed by atoms with Crippen LogP contribution < -0.4 is 5.32 Å². The zero-order valence-electron chi connectivity index (χ0n) is 13.5. The molecule has 0 heterocycles. The number of rotatable bonds is 5. The van der Waals surface area contributed by atoms with Gasteiger partial charge in [-0.3, -0.25) is 9.59 Å². The van der Waals surface area contributed by atoms with Crippen LogP contribution in [0, 0.1) is 23.7 Å². The number of carbonyl (C=O) groups excluding carboxylic acids is 1. The average molecular weight is 313 g/mol. The number of amides is 1. The van der Waals surface area contributed by atoms with Crippen molar-refractivity contribution in [2.24, 2.45) is 23.7 Å². The van der Waals surface area contributed by atoms with Crippen LogP contribution in [0.15, 0.2) is 36.4 Å². The van der Waals surface area contributed by atoms with Gasteiger partial charge in [-0.2, -0.15) is 0 Å². The second kappa shape index (κ2) is 6.19. The molecule has 0 saturated heterocycles. The third kappa shape index (κ3) is 2.78. The van der Waals surface area contributed by atoms with E-state index in [0.717, 1.165) is 24.1 Å². The largest absolute Gasteiger partial charge is 0.481 e. The Kier molecular flexibility index (Phi) is 4.24. The molecule has 1 aromatic carbocycles. The molecule has 4 heteroatoms. The van der Waals surface area contributed by atoms with Gasteiger partial charge in [-0.05, 0) is 42.2 Å². The zero-order chi connectivity index (χ0) is 16.6. The van der Waals surface area contributed by atoms with Crippen molar-refractivity contribution >= 4 is 17.6 Å². The van der Waals surface area contributed by atoms with Crippen molar-refractivity contribution in [3.05, 3.63) is 42.0 Å². The van der Waals surface area contributed by atoms with Crippen molar-refractivity contribution in [1.29, 1.82) is 0 Å². The van der Waals surface area contributed by atoms with E-state index in [2.05, 4.69) is 19.2 Å². The summed E-state index contributed by atoms with van der Waals surface area (Å²) in [6.45, 7) is 4.25. The van der Waals surface area contributed by atoms with Gasteiger partial charge in [0, 0.05) is 5.69 Å². The maximum absolute atomic E-state index is 12.8. The second-order valence-corrected chi connectivity index (χ2v) is 6.72. The van der Waals surface area contributed by atoms with Crippen LogP contribution in [0.1, 0.15) is 38.2 Å². The van der Waals surface area contributed by atoms with Crippen LogP contribution in [0.4, 0.5) is 5.69 Å². The maximum atomic E-state index is 12.8. The predicted molar refractivity (Wildman–Crippen MR) is 89.1 cm³/mol. The maximum Gasteiger partial charge on any atom is 0.307 e. The standard InChI is InChI=1S/C19H23NO3/c1-3-11(2)14-6-4-5-7-15(14)20-18(21)16-12-8-9-13(10-12)17(16)19(22)23/h4-9,11-13,16-17H,3,10H2,1-2H3,(H,20,21)(H,22,23)/t11-,12+,13-,16+,17-/m0/s1. The smallest absolute Gasteiger partial charge is 0.307 e. The van der Waals surface area contributed by atoms with E-state index < -0.39 is 17.8 Å². The number of aliphatic carboxylic acids is 1. The minimum absolute atomic E-state index is 0.00180. The molecular weight excluding hydrogens is 290 g/mol. The molecule has 122 valence electrons. The first-order valence-corrected chi connectivity index (χ1v) is 8.33. The quantitative estimate of drug-likeness (QED) is 0.815. The molecule has 1 aromatic rings. The Labute approximate surface area is 136 Å². The van der Waals surface area contributed by atoms with Gasteiger partial charge in [0.15, 0.2) is 0 Å². The molecule has 1 amide bonds. The normalized spacial score (nSPS) is 29.5. The van der Waals surface area contributed by atoms with E-state index in [0.29, 0.717) is 5.92 Å². The topological polar surface area (TPSA) is 66.4 Å². The van der Waals surface area contributed by atoms with Gasteiger partial charge in [0.25, 0.3) is 0 Å². The first kappa shape index (κ1) is 15.8. The van der Waals surface area contributed by atoms with Crippen LogP contribution in [0.3, 0.4) is 0 Å². The first-order chi connectivity index (χ1) is 11.0. The van der Waals surface area contributed by atoms with E-state index in [9.17, 15) is 14.7 Å². The number of fused-ring (bicyclic) bond motifs is 2. The van der Waals surface area contributed by atoms with Crippen molar-refractivity contribution < 1.29 is 14.7 Å². The first-order valence-electron chi connectivity index (χ1n) is 8.33. The van der Waals surface area contributed by atoms with E-state index in [-0.39, 0.29) is 17.7 Å². The molecule has 0 unspecified atom stereocenters. The Morgan fingerprint density at radius 3 is 2.52 bits per heavy atom. The number of carboxylic acids is 1. The fourth-order valence-electron chi connectivity index (χ4n) is 3.99. The molecule has 5 atom stereocenters. The number of nitrogens with one attached hydrogen (secondary N) is 1. The minimum atomic E-state index is -0.864. The number of carbonyl (C=O) groups is 2. The van der Waals surface area contributed by atoms with Gasteiger partial charge >= 0.3 is 5.97 Å². The Morgan fingerprint density at radius 1 is 1.22 bits per heavy atom. The second-order valence-electron chi connectivity index (χ2n) is 6.72. The molecule has 1 fully saturated rings. The Morgan fingerprint density at radius 2 is 1.87 bits per heavy atom. The summed E-state index contributed by atoms with van der Waals surface area (Å²) >= 11 is 0. The zero-order valence-corrected chi connectivity index (χ0v) is 13.5. The SMILES string of the molecule is CC[C@H](C)c1ccccc1NC(=O)[C@H]1[C@@H](C(=O)O)[C@H]2C=C[C@@H]1C2. The fraction of sp³-hybridized carbons (Fsp3) is 0.474. The molecular formula is C19H23NO3. The highest BCUT2D eigenvalue weighted by Gasteiger charge is 2.51. The molecule has 2 bridgehead atoms. The Bertz CT molecular complexity index is 652. The summed E-state index contributed by atoms with van der Waals surface area (Å²) in [6, 6.07) is 7.80. The highest BCUT2D eigenvalue weighted by Crippen LogP contribution is 2.48. The molecule has 3 rings (SSSR count). The van der Waals surface area contributed by atoms with Gasteiger partial charge in [0.05, 0.1) is 11.8 Å². The van der Waals surface area contributed by atoms with Crippen LogP contribution in [0.5, 0.6) is 0 Å². The fourth-order valence-corrected chi connectivity index (χ4v) is 3.99. The summed E-state index contributed by atoms with van der Waals surface area (Å²) in [6.07, 6.45) is 5.73. The molecule has 0 aliphatic heterocycles. The van der Waals surface area contributed by atoms with Gasteiger partial charge in [-0.25, -0.2) is 0 Å². The summed E-state index contributed by atoms with van der Waals surface area (Å²) in [5.41, 5.74) is 1.91. The van der Waals surface area contributed by atoms with Gasteiger partial charge in [-0.15, -0.1) is 0 Å². The molecule has 2 N–H and O–H groups in total. The lowest BCUT2D eigenvalue weighted by Gasteiger charge is -2.25. The molecule has 2 aliphatic carbocycles. The summed E-state index contributed by atoms with van der Waals surface area (Å²) < 4.78 is 0. The molecule has 1 saturated carbocycles. The van der Waals surface area contributed by atoms with E-state index >= 15 is 0 Å². The van der Waals surface area contributed by atoms with Crippen LogP contribution in [-0.2, 0) is 9.59 Å². The predicted octanol–water partition coefficient (Wildman–Crippen LogP) is 3.66. The molecule has 2 aliphatic rings. The third-order valence-corrected chi connectivity index (χ3v) is 5.41. The van der Waals surface area contributed by atoms with E-state index in [4.69, 9.17) is 0 Å². The highest BCUT2D eigenvalue weighted by atomic mass is 16.4. The number of para-hydroxylation sites is 1. The van der Waals surface area contributed by atoms with E-state index in [1.165, 1.54) is 0 Å². The van der Waals surface area contributed by atoms with E-state index in [1.54, 1.807) is 0 Å². The molecule has 0 radical (unpaired) electrons. The lowest BCUT2D eigenvalue weighted by atomic mass is 9.82. The Hall–Kier alpha value is -2.10. The number of anilines is 1. The molecule has 23 heavy (non-hydrogen) atoms. The van der Waals surface area contributed by atoms with Crippen molar-refractivity contribution in [3.63, 3.8) is 0 Å². The monoisotopic (exact) mass is 313 g/mol. The van der Waals surface area contributed by atoms with Crippen LogP contribution in [0.2, 0.25) is 0 Å². The van der Waals surface area contributed by atoms with Gasteiger partial charge in [-0.1, -0.05) is 44.2 Å². The van der Waals surface area contributed by atoms with Crippen LogP contribution in [-0.4, -0.2) is 17.0 Å². The molecule has 4 nitrogen and oxygen atoms in total. The summed E-state index contributed by atoms with van der Waals surface area (Å²) in [5.74, 6) is -1.69. The number of hydrogen-bond donors (Lipinski definition) is 2. The van der Waals surface area contributed by atoms with Crippen molar-refractivity contribution in [3.8, 4) is 0 Å². The summed E-state index contributed by atoms with van der Waals surface area (Å²) in [7, 11) is 0. The number of benzene rings is 1. The van der Waals surface area contributed by atoms with Crippen molar-refractivity contribution in [1.82, 2.24) is 0 Å². The van der Waals surface area contributed by atoms with Gasteiger partial charge in [0.2, 0.25) is 5.91 Å². The molecule has 0 spiro atoms. The van der Waals surface area contributed by atoms with Gasteiger partial charge in [0.1, 0.15) is 0 Å². The lowest BCUT2D eigenvalue weighted by molar-refractivity contribution is -0.146. The lowest BCUT2D eigenvalue weighted by Crippen LogP contribution is -2.36. The number of allylic oxidation sites excluding steroid dienone is 2. The van der Waals surface area contributed by atoms with E-state index in [1.807, 2.05) is 36.4 Å². The summed E-state index contributed by atoms with van der Waals surface area (Å²) in [4.78, 5) is 24.3. The van der Waals surface area contributed by atoms with Crippen LogP contribution in [0.25, 0.3) is 0 Å². The highest BCUT2D eigenvalue weighted by molar-refractivity contribution is 5.97. The Balaban J connectivity index is 1.83. The average Bonchev–Trinajstić information content (AvgIpc) is 3.15. The van der Waals surface area contributed by atoms with Gasteiger partial charge < -0.3 is 10.4 Å².